The van der Waals surface area contributed by atoms with Crippen LogP contribution in [-0.2, 0) is 9.53 Å². The summed E-state index contributed by atoms with van der Waals surface area (Å²) in [6, 6.07) is 3.84. The first-order chi connectivity index (χ1) is 9.43. The third kappa shape index (κ3) is 4.60. The van der Waals surface area contributed by atoms with Crippen molar-refractivity contribution in [1.82, 2.24) is 5.32 Å². The summed E-state index contributed by atoms with van der Waals surface area (Å²) in [6.45, 7) is 3.32. The Balaban J connectivity index is 2.56. The van der Waals surface area contributed by atoms with Crippen molar-refractivity contribution in [3.8, 4) is 0 Å². The average molecular weight is 280 g/mol. The summed E-state index contributed by atoms with van der Waals surface area (Å²) in [6.07, 6.45) is 0. The van der Waals surface area contributed by atoms with Crippen molar-refractivity contribution in [2.45, 2.75) is 13.8 Å². The molecule has 0 saturated heterocycles. The van der Waals surface area contributed by atoms with Crippen molar-refractivity contribution in [1.29, 1.82) is 0 Å². The van der Waals surface area contributed by atoms with E-state index in [1.54, 1.807) is 13.8 Å². The Morgan fingerprint density at radius 3 is 2.55 bits per heavy atom. The molecule has 0 aliphatic heterocycles. The van der Waals surface area contributed by atoms with Crippen LogP contribution in [-0.4, -0.2) is 36.2 Å². The van der Waals surface area contributed by atoms with Crippen LogP contribution in [0.4, 0.5) is 10.5 Å². The quantitative estimate of drug-likeness (QED) is 0.707. The number of carboxylic acid groups (broad SMARTS) is 1. The van der Waals surface area contributed by atoms with Gasteiger partial charge in [-0.05, 0) is 37.6 Å². The SMILES string of the molecule is CCOC(=O)CNC(=O)Nc1ccc(C(=O)O)c(C)c1. The minimum absolute atomic E-state index is 0.169. The third-order valence-electron chi connectivity index (χ3n) is 2.41. The van der Waals surface area contributed by atoms with Crippen molar-refractivity contribution in [2.75, 3.05) is 18.5 Å². The lowest BCUT2D eigenvalue weighted by atomic mass is 10.1. The van der Waals surface area contributed by atoms with Gasteiger partial charge in [0.2, 0.25) is 0 Å². The summed E-state index contributed by atoms with van der Waals surface area (Å²) in [7, 11) is 0. The van der Waals surface area contributed by atoms with Gasteiger partial charge in [-0.1, -0.05) is 0 Å². The number of nitrogens with one attached hydrogen (secondary N) is 2. The number of urea groups is 1. The number of esters is 1. The zero-order valence-corrected chi connectivity index (χ0v) is 11.2. The number of anilines is 1. The van der Waals surface area contributed by atoms with E-state index < -0.39 is 18.0 Å². The van der Waals surface area contributed by atoms with E-state index in [1.165, 1.54) is 18.2 Å². The van der Waals surface area contributed by atoms with E-state index in [4.69, 9.17) is 5.11 Å². The second kappa shape index (κ2) is 7.13. The molecule has 0 unspecified atom stereocenters. The highest BCUT2D eigenvalue weighted by molar-refractivity contribution is 5.93. The van der Waals surface area contributed by atoms with E-state index >= 15 is 0 Å². The number of aryl methyl sites for hydroxylation is 1. The standard InChI is InChI=1S/C13H16N2O5/c1-3-20-11(16)7-14-13(19)15-9-4-5-10(12(17)18)8(2)6-9/h4-6H,3,7H2,1-2H3,(H,17,18)(H2,14,15,19). The average Bonchev–Trinajstić information content (AvgIpc) is 2.36. The fourth-order valence-corrected chi connectivity index (χ4v) is 1.52. The zero-order valence-electron chi connectivity index (χ0n) is 11.2. The number of carbonyl (C=O) groups is 3. The molecule has 3 N–H and O–H groups in total. The van der Waals surface area contributed by atoms with Gasteiger partial charge in [0.1, 0.15) is 6.54 Å². The molecule has 0 spiro atoms. The summed E-state index contributed by atoms with van der Waals surface area (Å²) in [5.74, 6) is -1.55. The molecule has 0 bridgehead atoms. The van der Waals surface area contributed by atoms with Crippen molar-refractivity contribution < 1.29 is 24.2 Å². The lowest BCUT2D eigenvalue weighted by Crippen LogP contribution is -2.34. The maximum atomic E-state index is 11.5. The smallest absolute Gasteiger partial charge is 0.335 e. The van der Waals surface area contributed by atoms with E-state index in [0.29, 0.717) is 11.3 Å². The van der Waals surface area contributed by atoms with Crippen molar-refractivity contribution >= 4 is 23.7 Å². The van der Waals surface area contributed by atoms with Gasteiger partial charge in [-0.3, -0.25) is 4.79 Å². The molecule has 1 aromatic rings. The highest BCUT2D eigenvalue weighted by Gasteiger charge is 2.09. The molecule has 1 rings (SSSR count). The van der Waals surface area contributed by atoms with Crippen LogP contribution in [0, 0.1) is 6.92 Å². The number of hydrogen-bond donors (Lipinski definition) is 3. The monoisotopic (exact) mass is 280 g/mol. The van der Waals surface area contributed by atoms with E-state index in [9.17, 15) is 14.4 Å². The number of aromatic carboxylic acids is 1. The molecular formula is C13H16N2O5. The van der Waals surface area contributed by atoms with Crippen LogP contribution in [0.5, 0.6) is 0 Å². The number of amides is 2. The van der Waals surface area contributed by atoms with Gasteiger partial charge < -0.3 is 20.5 Å². The van der Waals surface area contributed by atoms with Crippen LogP contribution in [0.3, 0.4) is 0 Å². The second-order valence-corrected chi connectivity index (χ2v) is 3.95. The fourth-order valence-electron chi connectivity index (χ4n) is 1.52. The van der Waals surface area contributed by atoms with Gasteiger partial charge in [0.25, 0.3) is 0 Å². The first-order valence-electron chi connectivity index (χ1n) is 5.98. The van der Waals surface area contributed by atoms with Gasteiger partial charge in [-0.2, -0.15) is 0 Å². The van der Waals surface area contributed by atoms with Crippen LogP contribution < -0.4 is 10.6 Å². The summed E-state index contributed by atoms with van der Waals surface area (Å²) >= 11 is 0. The molecule has 0 aromatic heterocycles. The van der Waals surface area contributed by atoms with Crippen LogP contribution in [0.25, 0.3) is 0 Å². The first-order valence-corrected chi connectivity index (χ1v) is 5.98. The zero-order chi connectivity index (χ0) is 15.1. The Hall–Kier alpha value is -2.57. The molecule has 0 atom stereocenters. The van der Waals surface area contributed by atoms with Crippen molar-refractivity contribution in [2.24, 2.45) is 0 Å². The molecule has 2 amide bonds. The molecule has 0 fully saturated rings. The molecule has 7 heteroatoms. The highest BCUT2D eigenvalue weighted by atomic mass is 16.5. The van der Waals surface area contributed by atoms with E-state index in [2.05, 4.69) is 15.4 Å². The fraction of sp³-hybridized carbons (Fsp3) is 0.308. The van der Waals surface area contributed by atoms with Gasteiger partial charge in [0.05, 0.1) is 12.2 Å². The first kappa shape index (κ1) is 15.5. The summed E-state index contributed by atoms with van der Waals surface area (Å²) in [5, 5.41) is 13.7. The van der Waals surface area contributed by atoms with E-state index in [0.717, 1.165) is 0 Å². The third-order valence-corrected chi connectivity index (χ3v) is 2.41. The molecule has 0 aliphatic rings. The van der Waals surface area contributed by atoms with Gasteiger partial charge in [-0.15, -0.1) is 0 Å². The molecule has 0 aliphatic carbocycles. The van der Waals surface area contributed by atoms with E-state index in [-0.39, 0.29) is 18.7 Å². The molecule has 108 valence electrons. The van der Waals surface area contributed by atoms with Crippen molar-refractivity contribution in [3.63, 3.8) is 0 Å². The van der Waals surface area contributed by atoms with Gasteiger partial charge in [0, 0.05) is 5.69 Å². The minimum atomic E-state index is -1.03. The maximum Gasteiger partial charge on any atom is 0.335 e. The largest absolute Gasteiger partial charge is 0.478 e. The number of rotatable bonds is 5. The van der Waals surface area contributed by atoms with Gasteiger partial charge in [-0.25, -0.2) is 9.59 Å². The summed E-state index contributed by atoms with van der Waals surface area (Å²) in [4.78, 5) is 33.4. The summed E-state index contributed by atoms with van der Waals surface area (Å²) in [5.41, 5.74) is 1.14. The summed E-state index contributed by atoms with van der Waals surface area (Å²) < 4.78 is 4.66. The van der Waals surface area contributed by atoms with Crippen LogP contribution in [0.1, 0.15) is 22.8 Å². The van der Waals surface area contributed by atoms with Crippen molar-refractivity contribution in [3.05, 3.63) is 29.3 Å². The van der Waals surface area contributed by atoms with E-state index in [1.807, 2.05) is 0 Å². The van der Waals surface area contributed by atoms with Crippen LogP contribution in [0.15, 0.2) is 18.2 Å². The molecule has 0 saturated carbocycles. The predicted octanol–water partition coefficient (Wildman–Crippen LogP) is 1.38. The maximum absolute atomic E-state index is 11.5. The Kier molecular flexibility index (Phi) is 5.52. The Bertz CT molecular complexity index is 527. The Morgan fingerprint density at radius 2 is 2.00 bits per heavy atom. The van der Waals surface area contributed by atoms with Gasteiger partial charge in [0.15, 0.2) is 0 Å². The number of carbonyl (C=O) groups excluding carboxylic acids is 2. The lowest BCUT2D eigenvalue weighted by molar-refractivity contribution is -0.141. The molecule has 0 radical (unpaired) electrons. The normalized spacial score (nSPS) is 9.70. The number of hydrogen-bond acceptors (Lipinski definition) is 4. The number of carboxylic acids is 1. The second-order valence-electron chi connectivity index (χ2n) is 3.95. The minimum Gasteiger partial charge on any atom is -0.478 e. The highest BCUT2D eigenvalue weighted by Crippen LogP contribution is 2.15. The topological polar surface area (TPSA) is 105 Å². The molecule has 1 aromatic carbocycles. The lowest BCUT2D eigenvalue weighted by Gasteiger charge is -2.09. The number of benzene rings is 1. The predicted molar refractivity (Wildman–Crippen MR) is 71.8 cm³/mol. The Morgan fingerprint density at radius 1 is 1.30 bits per heavy atom. The van der Waals surface area contributed by atoms with Crippen LogP contribution >= 0.6 is 0 Å². The van der Waals surface area contributed by atoms with Gasteiger partial charge >= 0.3 is 18.0 Å². The molecule has 0 heterocycles. The molecular weight excluding hydrogens is 264 g/mol. The molecule has 7 nitrogen and oxygen atoms in total. The Labute approximate surface area is 115 Å². The number of ether oxygens (including phenoxy) is 1. The molecule has 20 heavy (non-hydrogen) atoms. The van der Waals surface area contributed by atoms with Crippen LogP contribution in [0.2, 0.25) is 0 Å².